The Morgan fingerprint density at radius 1 is 1.40 bits per heavy atom. The van der Waals surface area contributed by atoms with Crippen molar-refractivity contribution in [3.05, 3.63) is 45.0 Å². The molecule has 1 aliphatic heterocycles. The Kier molecular flexibility index (Phi) is 4.12. The minimum Gasteiger partial charge on any atom is -0.258 e. The lowest BCUT2D eigenvalue weighted by Gasteiger charge is -2.25. The van der Waals surface area contributed by atoms with Crippen LogP contribution < -0.4 is 0 Å². The van der Waals surface area contributed by atoms with Crippen molar-refractivity contribution < 1.29 is 13.3 Å². The first-order chi connectivity index (χ1) is 9.32. The number of rotatable bonds is 3. The topological polar surface area (TPSA) is 80.5 Å². The molecule has 6 nitrogen and oxygen atoms in total. The predicted molar refractivity (Wildman–Crippen MR) is 75.2 cm³/mol. The van der Waals surface area contributed by atoms with E-state index in [4.69, 9.17) is 11.6 Å². The lowest BCUT2D eigenvalue weighted by atomic mass is 10.1. The highest BCUT2D eigenvalue weighted by molar-refractivity contribution is 7.89. The summed E-state index contributed by atoms with van der Waals surface area (Å²) in [6, 6.07) is 3.42. The lowest BCUT2D eigenvalue weighted by molar-refractivity contribution is -0.385. The zero-order valence-corrected chi connectivity index (χ0v) is 12.3. The van der Waals surface area contributed by atoms with E-state index in [1.807, 2.05) is 13.0 Å². The first-order valence-electron chi connectivity index (χ1n) is 5.92. The normalized spacial score (nSPS) is 16.8. The second kappa shape index (κ2) is 5.51. The maximum atomic E-state index is 12.5. The quantitative estimate of drug-likeness (QED) is 0.487. The van der Waals surface area contributed by atoms with Crippen LogP contribution in [-0.4, -0.2) is 30.7 Å². The van der Waals surface area contributed by atoms with Gasteiger partial charge in [-0.15, -0.1) is 0 Å². The maximum absolute atomic E-state index is 12.5. The summed E-state index contributed by atoms with van der Waals surface area (Å²) in [7, 11) is -3.82. The van der Waals surface area contributed by atoms with E-state index in [0.717, 1.165) is 11.6 Å². The van der Waals surface area contributed by atoms with Crippen molar-refractivity contribution in [2.45, 2.75) is 18.2 Å². The molecule has 0 N–H and O–H groups in total. The van der Waals surface area contributed by atoms with Crippen molar-refractivity contribution >= 4 is 27.3 Å². The van der Waals surface area contributed by atoms with Gasteiger partial charge in [0, 0.05) is 25.2 Å². The van der Waals surface area contributed by atoms with E-state index < -0.39 is 14.9 Å². The van der Waals surface area contributed by atoms with Gasteiger partial charge in [-0.3, -0.25) is 10.1 Å². The van der Waals surface area contributed by atoms with Crippen LogP contribution in [0.15, 0.2) is 34.7 Å². The molecule has 108 valence electrons. The number of nitro groups is 1. The number of hydrogen-bond acceptors (Lipinski definition) is 4. The molecule has 20 heavy (non-hydrogen) atoms. The number of nitrogens with zero attached hydrogens (tertiary/aromatic N) is 2. The minimum absolute atomic E-state index is 0.0122. The summed E-state index contributed by atoms with van der Waals surface area (Å²) in [5.41, 5.74) is 0.832. The molecule has 0 aromatic heterocycles. The molecule has 0 spiro atoms. The van der Waals surface area contributed by atoms with Gasteiger partial charge in [-0.05, 0) is 19.4 Å². The van der Waals surface area contributed by atoms with Gasteiger partial charge in [-0.25, -0.2) is 8.42 Å². The van der Waals surface area contributed by atoms with Crippen molar-refractivity contribution in [2.24, 2.45) is 0 Å². The molecule has 0 fully saturated rings. The predicted octanol–water partition coefficient (Wildman–Crippen LogP) is 2.59. The van der Waals surface area contributed by atoms with E-state index in [-0.39, 0.29) is 22.2 Å². The van der Waals surface area contributed by atoms with Gasteiger partial charge in [0.2, 0.25) is 10.0 Å². The molecule has 1 aromatic rings. The molecule has 0 amide bonds. The molecular weight excluding hydrogens is 304 g/mol. The zero-order valence-electron chi connectivity index (χ0n) is 10.7. The van der Waals surface area contributed by atoms with Crippen LogP contribution in [0.4, 0.5) is 5.69 Å². The zero-order chi connectivity index (χ0) is 14.9. The Morgan fingerprint density at radius 3 is 2.65 bits per heavy atom. The highest BCUT2D eigenvalue weighted by atomic mass is 35.5. The monoisotopic (exact) mass is 316 g/mol. The maximum Gasteiger partial charge on any atom is 0.270 e. The molecule has 1 aromatic carbocycles. The molecule has 2 rings (SSSR count). The summed E-state index contributed by atoms with van der Waals surface area (Å²) >= 11 is 5.89. The Bertz CT molecular complexity index is 685. The van der Waals surface area contributed by atoms with Gasteiger partial charge in [0.25, 0.3) is 5.69 Å². The summed E-state index contributed by atoms with van der Waals surface area (Å²) in [6.45, 7) is 2.54. The third-order valence-electron chi connectivity index (χ3n) is 3.14. The number of non-ortho nitro benzene ring substituents is 1. The Morgan fingerprint density at radius 2 is 2.10 bits per heavy atom. The molecule has 0 saturated heterocycles. The molecule has 1 heterocycles. The number of nitro benzene ring substituents is 1. The van der Waals surface area contributed by atoms with Gasteiger partial charge in [0.1, 0.15) is 4.90 Å². The molecule has 0 saturated carbocycles. The van der Waals surface area contributed by atoms with Crippen LogP contribution in [0, 0.1) is 10.1 Å². The molecule has 0 radical (unpaired) electrons. The number of benzene rings is 1. The third kappa shape index (κ3) is 2.84. The van der Waals surface area contributed by atoms with Gasteiger partial charge in [0.15, 0.2) is 0 Å². The second-order valence-electron chi connectivity index (χ2n) is 4.54. The second-order valence-corrected chi connectivity index (χ2v) is 6.85. The van der Waals surface area contributed by atoms with Gasteiger partial charge in [-0.1, -0.05) is 23.3 Å². The Balaban J connectivity index is 2.44. The van der Waals surface area contributed by atoms with Crippen LogP contribution in [0.25, 0.3) is 0 Å². The van der Waals surface area contributed by atoms with E-state index in [0.29, 0.717) is 13.0 Å². The van der Waals surface area contributed by atoms with E-state index in [2.05, 4.69) is 0 Å². The third-order valence-corrected chi connectivity index (χ3v) is 5.49. The van der Waals surface area contributed by atoms with E-state index in [1.54, 1.807) is 0 Å². The van der Waals surface area contributed by atoms with Crippen LogP contribution in [0.2, 0.25) is 5.02 Å². The van der Waals surface area contributed by atoms with Gasteiger partial charge in [-0.2, -0.15) is 4.31 Å². The number of sulfonamides is 1. The van der Waals surface area contributed by atoms with Crippen LogP contribution in [0.1, 0.15) is 13.3 Å². The van der Waals surface area contributed by atoms with Crippen LogP contribution in [0.3, 0.4) is 0 Å². The summed E-state index contributed by atoms with van der Waals surface area (Å²) < 4.78 is 26.2. The van der Waals surface area contributed by atoms with Gasteiger partial charge in [0.05, 0.1) is 9.95 Å². The van der Waals surface area contributed by atoms with E-state index in [9.17, 15) is 18.5 Å². The number of halogens is 1. The molecular formula is C12H13ClN2O4S. The molecule has 1 aliphatic rings. The minimum atomic E-state index is -3.82. The highest BCUT2D eigenvalue weighted by Gasteiger charge is 2.29. The van der Waals surface area contributed by atoms with Gasteiger partial charge < -0.3 is 0 Å². The van der Waals surface area contributed by atoms with Crippen molar-refractivity contribution in [2.75, 3.05) is 13.1 Å². The Labute approximate surface area is 121 Å². The van der Waals surface area contributed by atoms with Crippen LogP contribution in [0.5, 0.6) is 0 Å². The van der Waals surface area contributed by atoms with E-state index in [1.165, 1.54) is 16.4 Å². The first-order valence-corrected chi connectivity index (χ1v) is 7.74. The van der Waals surface area contributed by atoms with Crippen molar-refractivity contribution in [1.82, 2.24) is 4.31 Å². The van der Waals surface area contributed by atoms with Crippen molar-refractivity contribution in [1.29, 1.82) is 0 Å². The lowest BCUT2D eigenvalue weighted by Crippen LogP contribution is -2.34. The summed E-state index contributed by atoms with van der Waals surface area (Å²) in [5, 5.41) is 10.7. The van der Waals surface area contributed by atoms with Gasteiger partial charge >= 0.3 is 0 Å². The van der Waals surface area contributed by atoms with E-state index >= 15 is 0 Å². The standard InChI is InChI=1S/C12H13ClN2O4S/c1-9-4-6-14(7-5-9)20(18,19)12-8-10(15(16)17)2-3-11(12)13/h2-4,8H,5-7H2,1H3. The summed E-state index contributed by atoms with van der Waals surface area (Å²) in [5.74, 6) is 0. The van der Waals surface area contributed by atoms with Crippen molar-refractivity contribution in [3.63, 3.8) is 0 Å². The molecule has 8 heteroatoms. The average molecular weight is 317 g/mol. The molecule has 0 bridgehead atoms. The fourth-order valence-electron chi connectivity index (χ4n) is 1.91. The van der Waals surface area contributed by atoms with Crippen LogP contribution in [-0.2, 0) is 10.0 Å². The largest absolute Gasteiger partial charge is 0.270 e. The summed E-state index contributed by atoms with van der Waals surface area (Å²) in [4.78, 5) is 9.89. The van der Waals surface area contributed by atoms with Crippen molar-refractivity contribution in [3.8, 4) is 0 Å². The fraction of sp³-hybridized carbons (Fsp3) is 0.333. The summed E-state index contributed by atoms with van der Waals surface area (Å²) in [6.07, 6.45) is 2.47. The molecule has 0 unspecified atom stereocenters. The first kappa shape index (κ1) is 15.0. The smallest absolute Gasteiger partial charge is 0.258 e. The molecule has 0 aliphatic carbocycles. The Hall–Kier alpha value is -1.44. The van der Waals surface area contributed by atoms with Crippen LogP contribution >= 0.6 is 11.6 Å². The highest BCUT2D eigenvalue weighted by Crippen LogP contribution is 2.29. The molecule has 0 atom stereocenters. The fourth-order valence-corrected chi connectivity index (χ4v) is 3.79. The SMILES string of the molecule is CC1=CCN(S(=O)(=O)c2cc([N+](=O)[O-])ccc2Cl)CC1. The number of hydrogen-bond donors (Lipinski definition) is 0. The average Bonchev–Trinajstić information content (AvgIpc) is 2.39.